The summed E-state index contributed by atoms with van der Waals surface area (Å²) in [5.41, 5.74) is 1.05. The minimum absolute atomic E-state index is 0.118. The number of carbonyl (C=O) groups is 1. The van der Waals surface area contributed by atoms with Crippen LogP contribution in [-0.4, -0.2) is 19.1 Å². The van der Waals surface area contributed by atoms with Crippen LogP contribution in [0.2, 0.25) is 5.02 Å². The molecular weight excluding hydrogens is 238 g/mol. The highest BCUT2D eigenvalue weighted by atomic mass is 35.5. The fourth-order valence-electron chi connectivity index (χ4n) is 2.39. The monoisotopic (exact) mass is 253 g/mol. The van der Waals surface area contributed by atoms with Crippen LogP contribution in [0.4, 0.5) is 0 Å². The molecule has 0 saturated carbocycles. The number of carbonyl (C=O) groups excluding carboxylic acids is 1. The van der Waals surface area contributed by atoms with E-state index < -0.39 is 0 Å². The van der Waals surface area contributed by atoms with Crippen LogP contribution in [0.1, 0.15) is 24.9 Å². The Hall–Kier alpha value is -1.06. The van der Waals surface area contributed by atoms with Gasteiger partial charge in [0.1, 0.15) is 6.04 Å². The van der Waals surface area contributed by atoms with Crippen LogP contribution in [0.15, 0.2) is 24.3 Å². The van der Waals surface area contributed by atoms with Crippen molar-refractivity contribution in [3.05, 3.63) is 34.9 Å². The molecule has 4 heteroatoms. The summed E-state index contributed by atoms with van der Waals surface area (Å²) in [5, 5.41) is 4.03. The lowest BCUT2D eigenvalue weighted by atomic mass is 9.95. The first kappa shape index (κ1) is 12.4. The van der Waals surface area contributed by atoms with E-state index in [4.69, 9.17) is 16.3 Å². The molecule has 1 heterocycles. The third kappa shape index (κ3) is 2.45. The van der Waals surface area contributed by atoms with Crippen molar-refractivity contribution >= 4 is 17.6 Å². The van der Waals surface area contributed by atoms with E-state index in [1.54, 1.807) is 0 Å². The molecule has 1 aromatic carbocycles. The number of methoxy groups -OCH3 is 1. The van der Waals surface area contributed by atoms with Crippen molar-refractivity contribution in [1.29, 1.82) is 0 Å². The Bertz CT molecular complexity index is 422. The van der Waals surface area contributed by atoms with E-state index in [1.807, 2.05) is 24.3 Å². The van der Waals surface area contributed by atoms with E-state index in [2.05, 4.69) is 12.2 Å². The molecule has 0 unspecified atom stereocenters. The van der Waals surface area contributed by atoms with Gasteiger partial charge in [-0.05, 0) is 24.0 Å². The van der Waals surface area contributed by atoms with Crippen LogP contribution < -0.4 is 5.32 Å². The lowest BCUT2D eigenvalue weighted by Crippen LogP contribution is -2.33. The molecule has 0 radical (unpaired) electrons. The first-order chi connectivity index (χ1) is 8.13. The standard InChI is InChI=1S/C13H16ClNO2/c1-8-7-11(13(16)17-2)15-12(8)9-5-3-4-6-10(9)14/h3-6,8,11-12,15H,7H2,1-2H3/t8-,11-,12+/m0/s1. The van der Waals surface area contributed by atoms with Gasteiger partial charge >= 0.3 is 5.97 Å². The van der Waals surface area contributed by atoms with Gasteiger partial charge in [-0.3, -0.25) is 10.1 Å². The Labute approximate surface area is 106 Å². The molecule has 0 amide bonds. The molecule has 3 atom stereocenters. The van der Waals surface area contributed by atoms with Gasteiger partial charge in [-0.2, -0.15) is 0 Å². The largest absolute Gasteiger partial charge is 0.468 e. The van der Waals surface area contributed by atoms with Crippen molar-refractivity contribution < 1.29 is 9.53 Å². The van der Waals surface area contributed by atoms with E-state index in [-0.39, 0.29) is 18.1 Å². The average Bonchev–Trinajstić information content (AvgIpc) is 2.71. The molecule has 1 N–H and O–H groups in total. The fraction of sp³-hybridized carbons (Fsp3) is 0.462. The summed E-state index contributed by atoms with van der Waals surface area (Å²) in [4.78, 5) is 11.5. The number of hydrogen-bond acceptors (Lipinski definition) is 3. The predicted octanol–water partition coefficient (Wildman–Crippen LogP) is 2.55. The maximum Gasteiger partial charge on any atom is 0.322 e. The van der Waals surface area contributed by atoms with Crippen molar-refractivity contribution in [3.63, 3.8) is 0 Å². The molecule has 3 nitrogen and oxygen atoms in total. The summed E-state index contributed by atoms with van der Waals surface area (Å²) in [6.07, 6.45) is 0.780. The van der Waals surface area contributed by atoms with Gasteiger partial charge in [-0.1, -0.05) is 36.7 Å². The minimum Gasteiger partial charge on any atom is -0.468 e. The topological polar surface area (TPSA) is 38.3 Å². The van der Waals surface area contributed by atoms with E-state index in [0.29, 0.717) is 5.92 Å². The van der Waals surface area contributed by atoms with Gasteiger partial charge in [0.15, 0.2) is 0 Å². The van der Waals surface area contributed by atoms with Crippen LogP contribution in [-0.2, 0) is 9.53 Å². The molecule has 0 aliphatic carbocycles. The molecule has 1 fully saturated rings. The predicted molar refractivity (Wildman–Crippen MR) is 66.9 cm³/mol. The summed E-state index contributed by atoms with van der Waals surface area (Å²) in [5.74, 6) is 0.158. The Kier molecular flexibility index (Phi) is 3.69. The molecule has 1 aliphatic heterocycles. The first-order valence-electron chi connectivity index (χ1n) is 5.71. The van der Waals surface area contributed by atoms with Gasteiger partial charge in [-0.25, -0.2) is 0 Å². The maximum absolute atomic E-state index is 11.5. The Morgan fingerprint density at radius 1 is 1.47 bits per heavy atom. The molecule has 92 valence electrons. The van der Waals surface area contributed by atoms with Crippen LogP contribution in [0.3, 0.4) is 0 Å². The zero-order valence-electron chi connectivity index (χ0n) is 9.94. The molecule has 0 aromatic heterocycles. The van der Waals surface area contributed by atoms with Crippen molar-refractivity contribution in [1.82, 2.24) is 5.32 Å². The molecule has 1 saturated heterocycles. The third-order valence-corrected chi connectivity index (χ3v) is 3.63. The van der Waals surface area contributed by atoms with Gasteiger partial charge in [-0.15, -0.1) is 0 Å². The summed E-state index contributed by atoms with van der Waals surface area (Å²) >= 11 is 6.17. The SMILES string of the molecule is COC(=O)[C@@H]1C[C@H](C)[C@H](c2ccccc2Cl)N1. The summed E-state index contributed by atoms with van der Waals surface area (Å²) in [6, 6.07) is 7.63. The second-order valence-corrected chi connectivity index (χ2v) is 4.86. The minimum atomic E-state index is -0.226. The van der Waals surface area contributed by atoms with Gasteiger partial charge in [0.05, 0.1) is 7.11 Å². The van der Waals surface area contributed by atoms with Crippen molar-refractivity contribution in [2.45, 2.75) is 25.4 Å². The number of nitrogens with one attached hydrogen (secondary N) is 1. The lowest BCUT2D eigenvalue weighted by molar-refractivity contribution is -0.142. The Morgan fingerprint density at radius 2 is 2.18 bits per heavy atom. The van der Waals surface area contributed by atoms with E-state index in [9.17, 15) is 4.79 Å². The van der Waals surface area contributed by atoms with Crippen LogP contribution in [0.25, 0.3) is 0 Å². The van der Waals surface area contributed by atoms with Crippen molar-refractivity contribution in [3.8, 4) is 0 Å². The molecule has 1 aliphatic rings. The zero-order valence-corrected chi connectivity index (χ0v) is 10.7. The van der Waals surface area contributed by atoms with Gasteiger partial charge in [0.25, 0.3) is 0 Å². The molecule has 2 rings (SSSR count). The number of ether oxygens (including phenoxy) is 1. The molecule has 17 heavy (non-hydrogen) atoms. The quantitative estimate of drug-likeness (QED) is 0.824. The van der Waals surface area contributed by atoms with Crippen LogP contribution >= 0.6 is 11.6 Å². The van der Waals surface area contributed by atoms with E-state index >= 15 is 0 Å². The smallest absolute Gasteiger partial charge is 0.322 e. The molecule has 0 spiro atoms. The van der Waals surface area contributed by atoms with Gasteiger partial charge in [0, 0.05) is 11.1 Å². The number of halogens is 1. The highest BCUT2D eigenvalue weighted by Gasteiger charge is 2.36. The maximum atomic E-state index is 11.5. The second kappa shape index (κ2) is 5.07. The van der Waals surface area contributed by atoms with Crippen molar-refractivity contribution in [2.24, 2.45) is 5.92 Å². The summed E-state index contributed by atoms with van der Waals surface area (Å²) < 4.78 is 4.76. The normalized spacial score (nSPS) is 28.1. The number of rotatable bonds is 2. The summed E-state index contributed by atoms with van der Waals surface area (Å²) in [7, 11) is 1.41. The first-order valence-corrected chi connectivity index (χ1v) is 6.09. The van der Waals surface area contributed by atoms with Crippen molar-refractivity contribution in [2.75, 3.05) is 7.11 Å². The lowest BCUT2D eigenvalue weighted by Gasteiger charge is -2.17. The number of hydrogen-bond donors (Lipinski definition) is 1. The second-order valence-electron chi connectivity index (χ2n) is 4.45. The third-order valence-electron chi connectivity index (χ3n) is 3.28. The van der Waals surface area contributed by atoms with Crippen LogP contribution in [0, 0.1) is 5.92 Å². The average molecular weight is 254 g/mol. The van der Waals surface area contributed by atoms with Gasteiger partial charge < -0.3 is 4.74 Å². The molecule has 1 aromatic rings. The number of benzene rings is 1. The zero-order chi connectivity index (χ0) is 12.4. The van der Waals surface area contributed by atoms with E-state index in [0.717, 1.165) is 17.0 Å². The van der Waals surface area contributed by atoms with Crippen LogP contribution in [0.5, 0.6) is 0 Å². The highest BCUT2D eigenvalue weighted by molar-refractivity contribution is 6.31. The number of esters is 1. The molecule has 0 bridgehead atoms. The summed E-state index contributed by atoms with van der Waals surface area (Å²) in [6.45, 7) is 2.12. The molecular formula is C13H16ClNO2. The fourth-order valence-corrected chi connectivity index (χ4v) is 2.64. The van der Waals surface area contributed by atoms with E-state index in [1.165, 1.54) is 7.11 Å². The highest BCUT2D eigenvalue weighted by Crippen LogP contribution is 2.35. The van der Waals surface area contributed by atoms with Gasteiger partial charge in [0.2, 0.25) is 0 Å². The Morgan fingerprint density at radius 3 is 2.82 bits per heavy atom. The Balaban J connectivity index is 2.19.